The third kappa shape index (κ3) is 2.44. The van der Waals surface area contributed by atoms with Gasteiger partial charge in [0.1, 0.15) is 11.6 Å². The van der Waals surface area contributed by atoms with Crippen molar-refractivity contribution in [1.29, 1.82) is 0 Å². The van der Waals surface area contributed by atoms with Crippen LogP contribution < -0.4 is 5.14 Å². The van der Waals surface area contributed by atoms with Crippen molar-refractivity contribution in [2.75, 3.05) is 0 Å². The highest BCUT2D eigenvalue weighted by molar-refractivity contribution is 7.89. The Balaban J connectivity index is 2.03. The smallest absolute Gasteiger partial charge is 0.273 e. The number of benzene rings is 1. The molecule has 1 aromatic heterocycles. The Labute approximate surface area is 115 Å². The number of hydrogen-bond acceptors (Lipinski definition) is 4. The van der Waals surface area contributed by atoms with Crippen LogP contribution in [0.5, 0.6) is 0 Å². The molecule has 106 valence electrons. The van der Waals surface area contributed by atoms with Crippen LogP contribution in [0, 0.1) is 5.82 Å². The molecule has 1 aromatic carbocycles. The lowest BCUT2D eigenvalue weighted by Crippen LogP contribution is -2.19. The third-order valence-electron chi connectivity index (χ3n) is 3.21. The van der Waals surface area contributed by atoms with Crippen molar-refractivity contribution in [2.24, 2.45) is 5.14 Å². The van der Waals surface area contributed by atoms with Crippen LogP contribution in [-0.4, -0.2) is 23.2 Å². The molecule has 0 aliphatic heterocycles. The standard InChI is InChI=1S/C12H13FN4O2S/c13-10-4-2-1-3-8(10)7-11-15-16-12(20(14,18)19)17(11)9-5-6-9/h1-4,9H,5-7H2,(H2,14,18,19). The number of rotatable bonds is 4. The molecule has 3 rings (SSSR count). The summed E-state index contributed by atoms with van der Waals surface area (Å²) in [6.07, 6.45) is 1.89. The second kappa shape index (κ2) is 4.64. The average Bonchev–Trinajstić information content (AvgIpc) is 3.12. The molecule has 0 unspecified atom stereocenters. The molecule has 1 aliphatic carbocycles. The molecule has 1 saturated carbocycles. The van der Waals surface area contributed by atoms with Gasteiger partial charge in [0.25, 0.3) is 15.2 Å². The van der Waals surface area contributed by atoms with Crippen molar-refractivity contribution < 1.29 is 12.8 Å². The minimum absolute atomic E-state index is 0.0418. The molecule has 1 fully saturated rings. The summed E-state index contributed by atoms with van der Waals surface area (Å²) >= 11 is 0. The van der Waals surface area contributed by atoms with E-state index < -0.39 is 10.0 Å². The largest absolute Gasteiger partial charge is 0.297 e. The lowest BCUT2D eigenvalue weighted by molar-refractivity contribution is 0.558. The molecular weight excluding hydrogens is 283 g/mol. The van der Waals surface area contributed by atoms with Gasteiger partial charge in [-0.05, 0) is 24.5 Å². The van der Waals surface area contributed by atoms with Gasteiger partial charge in [-0.15, -0.1) is 10.2 Å². The summed E-state index contributed by atoms with van der Waals surface area (Å²) in [6.45, 7) is 0. The number of nitrogens with zero attached hydrogens (tertiary/aromatic N) is 3. The van der Waals surface area contributed by atoms with E-state index >= 15 is 0 Å². The van der Waals surface area contributed by atoms with Crippen molar-refractivity contribution in [3.8, 4) is 0 Å². The van der Waals surface area contributed by atoms with Crippen LogP contribution >= 0.6 is 0 Å². The van der Waals surface area contributed by atoms with Crippen LogP contribution in [0.25, 0.3) is 0 Å². The monoisotopic (exact) mass is 296 g/mol. The van der Waals surface area contributed by atoms with E-state index in [0.29, 0.717) is 11.4 Å². The highest BCUT2D eigenvalue weighted by Crippen LogP contribution is 2.37. The van der Waals surface area contributed by atoms with E-state index in [0.717, 1.165) is 12.8 Å². The van der Waals surface area contributed by atoms with Crippen molar-refractivity contribution in [2.45, 2.75) is 30.5 Å². The fourth-order valence-corrected chi connectivity index (χ4v) is 2.82. The number of aromatic nitrogens is 3. The van der Waals surface area contributed by atoms with Gasteiger partial charge in [-0.25, -0.2) is 17.9 Å². The number of sulfonamides is 1. The minimum atomic E-state index is -3.92. The molecule has 0 amide bonds. The van der Waals surface area contributed by atoms with Gasteiger partial charge >= 0.3 is 0 Å². The van der Waals surface area contributed by atoms with Crippen LogP contribution in [0.2, 0.25) is 0 Å². The second-order valence-corrected chi connectivity index (χ2v) is 6.27. The third-order valence-corrected chi connectivity index (χ3v) is 4.00. The average molecular weight is 296 g/mol. The van der Waals surface area contributed by atoms with Crippen LogP contribution in [0.3, 0.4) is 0 Å². The Hall–Kier alpha value is -1.80. The molecule has 1 heterocycles. The molecule has 20 heavy (non-hydrogen) atoms. The molecule has 0 saturated heterocycles. The van der Waals surface area contributed by atoms with E-state index in [1.165, 1.54) is 10.6 Å². The van der Waals surface area contributed by atoms with E-state index in [9.17, 15) is 12.8 Å². The van der Waals surface area contributed by atoms with E-state index in [4.69, 9.17) is 5.14 Å². The molecule has 0 atom stereocenters. The first kappa shape index (κ1) is 13.2. The number of nitrogens with two attached hydrogens (primary N) is 1. The van der Waals surface area contributed by atoms with E-state index in [-0.39, 0.29) is 23.4 Å². The summed E-state index contributed by atoms with van der Waals surface area (Å²) in [5.74, 6) is 0.0663. The van der Waals surface area contributed by atoms with Gasteiger partial charge in [0, 0.05) is 12.5 Å². The first-order chi connectivity index (χ1) is 9.47. The van der Waals surface area contributed by atoms with Gasteiger partial charge in [0.05, 0.1) is 0 Å². The maximum atomic E-state index is 13.7. The molecule has 0 spiro atoms. The SMILES string of the molecule is NS(=O)(=O)c1nnc(Cc2ccccc2F)n1C1CC1. The highest BCUT2D eigenvalue weighted by atomic mass is 32.2. The zero-order valence-corrected chi connectivity index (χ0v) is 11.3. The molecule has 6 nitrogen and oxygen atoms in total. The summed E-state index contributed by atoms with van der Waals surface area (Å²) in [5.41, 5.74) is 0.447. The quantitative estimate of drug-likeness (QED) is 0.911. The number of primary sulfonamides is 1. The summed E-state index contributed by atoms with van der Waals surface area (Å²) in [6, 6.07) is 6.35. The first-order valence-electron chi connectivity index (χ1n) is 6.17. The van der Waals surface area contributed by atoms with E-state index in [2.05, 4.69) is 10.2 Å². The molecule has 0 radical (unpaired) electrons. The van der Waals surface area contributed by atoms with Crippen LogP contribution in [0.15, 0.2) is 29.4 Å². The van der Waals surface area contributed by atoms with Crippen molar-refractivity contribution in [3.63, 3.8) is 0 Å². The van der Waals surface area contributed by atoms with Crippen molar-refractivity contribution in [1.82, 2.24) is 14.8 Å². The number of hydrogen-bond donors (Lipinski definition) is 1. The van der Waals surface area contributed by atoms with Crippen LogP contribution in [0.4, 0.5) is 4.39 Å². The predicted molar refractivity (Wildman–Crippen MR) is 68.9 cm³/mol. The molecular formula is C12H13FN4O2S. The highest BCUT2D eigenvalue weighted by Gasteiger charge is 2.33. The fraction of sp³-hybridized carbons (Fsp3) is 0.333. The van der Waals surface area contributed by atoms with Crippen LogP contribution in [-0.2, 0) is 16.4 Å². The lowest BCUT2D eigenvalue weighted by Gasteiger charge is -2.08. The molecule has 1 aliphatic rings. The van der Waals surface area contributed by atoms with E-state index in [1.54, 1.807) is 18.2 Å². The normalized spacial score (nSPS) is 15.5. The van der Waals surface area contributed by atoms with Gasteiger partial charge in [0.15, 0.2) is 0 Å². The minimum Gasteiger partial charge on any atom is -0.297 e. The van der Waals surface area contributed by atoms with Crippen molar-refractivity contribution >= 4 is 10.0 Å². The lowest BCUT2D eigenvalue weighted by atomic mass is 10.1. The second-order valence-electron chi connectivity index (χ2n) is 4.81. The summed E-state index contributed by atoms with van der Waals surface area (Å²) in [7, 11) is -3.92. The Kier molecular flexibility index (Phi) is 3.06. The maximum absolute atomic E-state index is 13.7. The maximum Gasteiger partial charge on any atom is 0.273 e. The molecule has 2 N–H and O–H groups in total. The Morgan fingerprint density at radius 2 is 2.00 bits per heavy atom. The van der Waals surface area contributed by atoms with Gasteiger partial charge in [-0.3, -0.25) is 4.57 Å². The van der Waals surface area contributed by atoms with Gasteiger partial charge in [-0.1, -0.05) is 18.2 Å². The molecule has 0 bridgehead atoms. The Bertz CT molecular complexity index is 753. The topological polar surface area (TPSA) is 90.9 Å². The molecule has 2 aromatic rings. The Morgan fingerprint density at radius 1 is 1.30 bits per heavy atom. The first-order valence-corrected chi connectivity index (χ1v) is 7.71. The van der Waals surface area contributed by atoms with E-state index in [1.807, 2.05) is 0 Å². The predicted octanol–water partition coefficient (Wildman–Crippen LogP) is 0.990. The van der Waals surface area contributed by atoms with Gasteiger partial charge in [-0.2, -0.15) is 0 Å². The Morgan fingerprint density at radius 3 is 2.60 bits per heavy atom. The fourth-order valence-electron chi connectivity index (χ4n) is 2.13. The van der Waals surface area contributed by atoms with Gasteiger partial charge in [0.2, 0.25) is 0 Å². The summed E-state index contributed by atoms with van der Waals surface area (Å²) in [5, 5.41) is 12.4. The summed E-state index contributed by atoms with van der Waals surface area (Å²) < 4.78 is 38.2. The zero-order valence-electron chi connectivity index (χ0n) is 10.5. The van der Waals surface area contributed by atoms with Gasteiger partial charge < -0.3 is 0 Å². The van der Waals surface area contributed by atoms with Crippen LogP contribution in [0.1, 0.15) is 30.3 Å². The molecule has 8 heteroatoms. The summed E-state index contributed by atoms with van der Waals surface area (Å²) in [4.78, 5) is 0. The zero-order chi connectivity index (χ0) is 14.3. The van der Waals surface area contributed by atoms with Crippen molar-refractivity contribution in [3.05, 3.63) is 41.5 Å². The number of halogens is 1.